The molecule has 21 heavy (non-hydrogen) atoms. The molecule has 0 aromatic heterocycles. The summed E-state index contributed by atoms with van der Waals surface area (Å²) in [6, 6.07) is 4.23. The number of hydrogen-bond donors (Lipinski definition) is 2. The Morgan fingerprint density at radius 1 is 1.33 bits per heavy atom. The maximum absolute atomic E-state index is 10.4. The van der Waals surface area contributed by atoms with E-state index in [1.165, 1.54) is 11.1 Å². The lowest BCUT2D eigenvalue weighted by Crippen LogP contribution is -2.64. The SMILES string of the molecule is CN1CC[C@@]23c4c5ccc(O)c4O[C@H]2[C@@H](O)C=C[C@@H]3[C@@H]1C5. The van der Waals surface area contributed by atoms with Crippen molar-refractivity contribution in [3.8, 4) is 11.5 Å². The molecule has 4 nitrogen and oxygen atoms in total. The number of hydrogen-bond acceptors (Lipinski definition) is 4. The molecular formula is C17H19NO3. The summed E-state index contributed by atoms with van der Waals surface area (Å²) in [5, 5.41) is 20.6. The van der Waals surface area contributed by atoms with Crippen molar-refractivity contribution in [1.82, 2.24) is 4.90 Å². The summed E-state index contributed by atoms with van der Waals surface area (Å²) < 4.78 is 6.09. The lowest BCUT2D eigenvalue weighted by atomic mass is 9.53. The fraction of sp³-hybridized carbons (Fsp3) is 0.529. The van der Waals surface area contributed by atoms with Gasteiger partial charge in [-0.2, -0.15) is 0 Å². The zero-order valence-electron chi connectivity index (χ0n) is 12.0. The molecule has 0 radical (unpaired) electrons. The number of phenolic OH excluding ortho intramolecular Hbond substituents is 1. The number of piperidine rings is 1. The van der Waals surface area contributed by atoms with Crippen LogP contribution in [0.25, 0.3) is 0 Å². The third-order valence-corrected chi connectivity index (χ3v) is 6.15. The zero-order valence-corrected chi connectivity index (χ0v) is 12.0. The zero-order chi connectivity index (χ0) is 14.4. The van der Waals surface area contributed by atoms with Crippen LogP contribution in [0.4, 0.5) is 0 Å². The van der Waals surface area contributed by atoms with Gasteiger partial charge in [0.05, 0.1) is 0 Å². The third-order valence-electron chi connectivity index (χ3n) is 6.15. The van der Waals surface area contributed by atoms with Crippen molar-refractivity contribution in [2.75, 3.05) is 13.6 Å². The van der Waals surface area contributed by atoms with Crippen molar-refractivity contribution >= 4 is 0 Å². The van der Waals surface area contributed by atoms with Crippen molar-refractivity contribution in [2.45, 2.75) is 36.5 Å². The number of nitrogens with zero attached hydrogens (tertiary/aromatic N) is 1. The Labute approximate surface area is 123 Å². The van der Waals surface area contributed by atoms with E-state index in [0.717, 1.165) is 19.4 Å². The van der Waals surface area contributed by atoms with Gasteiger partial charge in [0, 0.05) is 22.9 Å². The second-order valence-electron chi connectivity index (χ2n) is 6.93. The highest BCUT2D eigenvalue weighted by Gasteiger charge is 2.64. The van der Waals surface area contributed by atoms with Gasteiger partial charge in [-0.1, -0.05) is 18.2 Å². The number of likely N-dealkylation sites (tertiary alicyclic amines) is 1. The summed E-state index contributed by atoms with van der Waals surface area (Å²) in [6.45, 7) is 1.01. The van der Waals surface area contributed by atoms with Crippen LogP contribution < -0.4 is 4.74 Å². The van der Waals surface area contributed by atoms with Crippen LogP contribution in [0.3, 0.4) is 0 Å². The second kappa shape index (κ2) is 3.62. The molecule has 1 fully saturated rings. The number of aromatic hydroxyl groups is 1. The molecular weight excluding hydrogens is 266 g/mol. The lowest BCUT2D eigenvalue weighted by molar-refractivity contribution is -0.0453. The van der Waals surface area contributed by atoms with E-state index in [2.05, 4.69) is 18.0 Å². The van der Waals surface area contributed by atoms with Crippen LogP contribution >= 0.6 is 0 Å². The minimum Gasteiger partial charge on any atom is -0.504 e. The van der Waals surface area contributed by atoms with Crippen LogP contribution in [0.5, 0.6) is 11.5 Å². The predicted octanol–water partition coefficient (Wildman–Crippen LogP) is 1.20. The molecule has 2 heterocycles. The fourth-order valence-electron chi connectivity index (χ4n) is 5.24. The summed E-state index contributed by atoms with van der Waals surface area (Å²) in [5.74, 6) is 1.19. The van der Waals surface area contributed by atoms with Gasteiger partial charge in [0.15, 0.2) is 11.5 Å². The Balaban J connectivity index is 1.84. The molecule has 2 bridgehead atoms. The minimum absolute atomic E-state index is 0.160. The highest BCUT2D eigenvalue weighted by atomic mass is 16.5. The third kappa shape index (κ3) is 1.21. The Morgan fingerprint density at radius 3 is 3.05 bits per heavy atom. The Morgan fingerprint density at radius 2 is 2.19 bits per heavy atom. The van der Waals surface area contributed by atoms with Crippen molar-refractivity contribution in [1.29, 1.82) is 0 Å². The molecule has 4 heteroatoms. The summed E-state index contributed by atoms with van der Waals surface area (Å²) >= 11 is 0. The van der Waals surface area contributed by atoms with E-state index < -0.39 is 6.10 Å². The monoisotopic (exact) mass is 285 g/mol. The number of aliphatic hydroxyl groups is 1. The van der Waals surface area contributed by atoms with Gasteiger partial charge in [-0.05, 0) is 38.1 Å². The highest BCUT2D eigenvalue weighted by Crippen LogP contribution is 2.62. The molecule has 1 aromatic carbocycles. The first-order chi connectivity index (χ1) is 10.1. The van der Waals surface area contributed by atoms with Crippen molar-refractivity contribution in [3.05, 3.63) is 35.4 Å². The summed E-state index contributed by atoms with van der Waals surface area (Å²) in [7, 11) is 2.19. The van der Waals surface area contributed by atoms with Gasteiger partial charge in [0.1, 0.15) is 12.2 Å². The van der Waals surface area contributed by atoms with Crippen molar-refractivity contribution < 1.29 is 14.9 Å². The molecule has 5 atom stereocenters. The summed E-state index contributed by atoms with van der Waals surface area (Å²) in [5.41, 5.74) is 2.29. The van der Waals surface area contributed by atoms with E-state index >= 15 is 0 Å². The van der Waals surface area contributed by atoms with Crippen LogP contribution in [0.15, 0.2) is 24.3 Å². The van der Waals surface area contributed by atoms with Crippen LogP contribution in [-0.4, -0.2) is 47.0 Å². The van der Waals surface area contributed by atoms with E-state index in [1.807, 2.05) is 12.1 Å². The number of aliphatic hydroxyl groups excluding tert-OH is 1. The van der Waals surface area contributed by atoms with Gasteiger partial charge in [-0.3, -0.25) is 0 Å². The number of phenols is 1. The van der Waals surface area contributed by atoms with Gasteiger partial charge < -0.3 is 19.8 Å². The van der Waals surface area contributed by atoms with E-state index in [-0.39, 0.29) is 17.3 Å². The normalized spacial score (nSPS) is 42.6. The maximum atomic E-state index is 10.4. The smallest absolute Gasteiger partial charge is 0.165 e. The standard InChI is InChI=1S/C17H19NO3/c1-18-7-6-17-10-3-5-13(20)16(17)21-15-12(19)4-2-9(14(15)17)8-11(10)18/h2-5,10-11,13,16,19-20H,6-8H2,1H3/t10-,11+,13+,16+,17-/m1/s1. The number of likely N-dealkylation sites (N-methyl/N-ethyl adjacent to an activating group) is 1. The Bertz CT molecular complexity index is 670. The van der Waals surface area contributed by atoms with Gasteiger partial charge in [-0.15, -0.1) is 0 Å². The van der Waals surface area contributed by atoms with Crippen LogP contribution in [-0.2, 0) is 11.8 Å². The molecule has 1 saturated heterocycles. The molecule has 1 spiro atoms. The van der Waals surface area contributed by atoms with E-state index in [0.29, 0.717) is 17.7 Å². The van der Waals surface area contributed by atoms with E-state index in [4.69, 9.17) is 4.74 Å². The van der Waals surface area contributed by atoms with E-state index in [1.54, 1.807) is 6.07 Å². The average molecular weight is 285 g/mol. The van der Waals surface area contributed by atoms with Gasteiger partial charge in [0.25, 0.3) is 0 Å². The number of ether oxygens (including phenoxy) is 1. The van der Waals surface area contributed by atoms with Crippen LogP contribution in [0.1, 0.15) is 17.5 Å². The fourth-order valence-corrected chi connectivity index (χ4v) is 5.24. The molecule has 2 aliphatic carbocycles. The minimum atomic E-state index is -0.594. The molecule has 1 aromatic rings. The second-order valence-corrected chi connectivity index (χ2v) is 6.93. The van der Waals surface area contributed by atoms with Crippen LogP contribution in [0, 0.1) is 5.92 Å². The lowest BCUT2D eigenvalue weighted by Gasteiger charge is -2.56. The van der Waals surface area contributed by atoms with E-state index in [9.17, 15) is 10.2 Å². The quantitative estimate of drug-likeness (QED) is 0.703. The van der Waals surface area contributed by atoms with Crippen molar-refractivity contribution in [2.24, 2.45) is 5.92 Å². The van der Waals surface area contributed by atoms with Crippen LogP contribution in [0.2, 0.25) is 0 Å². The first-order valence-electron chi connectivity index (χ1n) is 7.71. The number of rotatable bonds is 0. The highest BCUT2D eigenvalue weighted by molar-refractivity contribution is 5.61. The molecule has 0 unspecified atom stereocenters. The largest absolute Gasteiger partial charge is 0.504 e. The van der Waals surface area contributed by atoms with Gasteiger partial charge >= 0.3 is 0 Å². The molecule has 5 rings (SSSR count). The first kappa shape index (κ1) is 12.1. The topological polar surface area (TPSA) is 52.9 Å². The van der Waals surface area contributed by atoms with Gasteiger partial charge in [0.2, 0.25) is 0 Å². The predicted molar refractivity (Wildman–Crippen MR) is 77.6 cm³/mol. The molecule has 0 amide bonds. The first-order valence-corrected chi connectivity index (χ1v) is 7.71. The molecule has 110 valence electrons. The molecule has 2 N–H and O–H groups in total. The summed E-state index contributed by atoms with van der Waals surface area (Å²) in [6.07, 6.45) is 5.18. The molecule has 4 aliphatic rings. The van der Waals surface area contributed by atoms with Gasteiger partial charge in [-0.25, -0.2) is 0 Å². The summed E-state index contributed by atoms with van der Waals surface area (Å²) in [4.78, 5) is 2.43. The Kier molecular flexibility index (Phi) is 2.08. The maximum Gasteiger partial charge on any atom is 0.165 e. The van der Waals surface area contributed by atoms with Crippen molar-refractivity contribution in [3.63, 3.8) is 0 Å². The molecule has 2 aliphatic heterocycles. The number of benzene rings is 1. The average Bonchev–Trinajstić information content (AvgIpc) is 2.83. The molecule has 0 saturated carbocycles. The Hall–Kier alpha value is -1.52.